The number of likely N-dealkylation sites (N-methyl/N-ethyl adjacent to an activating group) is 2. The van der Waals surface area contributed by atoms with Crippen LogP contribution in [-0.2, 0) is 0 Å². The van der Waals surface area contributed by atoms with E-state index in [0.717, 1.165) is 177 Å². The lowest BCUT2D eigenvalue weighted by atomic mass is 9.86. The number of hydrogen-bond acceptors (Lipinski definition) is 10. The van der Waals surface area contributed by atoms with Crippen LogP contribution in [0.3, 0.4) is 0 Å². The molecule has 0 bridgehead atoms. The molecule has 14 rings (SSSR count). The Morgan fingerprint density at radius 1 is 0.379 bits per heavy atom. The zero-order chi connectivity index (χ0) is 65.1. The summed E-state index contributed by atoms with van der Waals surface area (Å²) in [6, 6.07) is 55.5. The van der Waals surface area contributed by atoms with Gasteiger partial charge in [0, 0.05) is 96.9 Å². The summed E-state index contributed by atoms with van der Waals surface area (Å²) in [6.07, 6.45) is 7.60. The Morgan fingerprint density at radius 2 is 0.642 bits per heavy atom. The number of piperidine rings is 2. The number of benzene rings is 8. The maximum absolute atomic E-state index is 13.8. The SMILES string of the molecule is CN(C)CCNC(=O)c1ccc(-c2nc3ccc(-c4ccc5nc(-c6ccc(C(=O)N7CCC(CCCC8CCN(C(=O)c9ccc(-c%10nc%11ccc(-c%12ccc%13nc(-c%14ccc(C(=O)NCCN(C)C)cc%14)[nH]c%13c%12)cc%11[nH]%10)cc9)CC8)CC7)cc6)[nH]c5c4)cc3[nH]2)cc1. The molecule has 0 spiro atoms. The van der Waals surface area contributed by atoms with Crippen molar-refractivity contribution in [3.8, 4) is 67.8 Å². The minimum Gasteiger partial charge on any atom is -0.351 e. The first-order valence-corrected chi connectivity index (χ1v) is 33.1. The van der Waals surface area contributed by atoms with Gasteiger partial charge in [0.2, 0.25) is 0 Å². The molecule has 0 aliphatic carbocycles. The van der Waals surface area contributed by atoms with Crippen molar-refractivity contribution in [2.75, 3.05) is 80.5 Å². The maximum Gasteiger partial charge on any atom is 0.253 e. The average molecular weight is 1260 g/mol. The van der Waals surface area contributed by atoms with Crippen molar-refractivity contribution in [1.82, 2.24) is 70.1 Å². The number of carbonyl (C=O) groups excluding carboxylic acids is 4. The normalized spacial score (nSPS) is 14.1. The van der Waals surface area contributed by atoms with Crippen LogP contribution in [-0.4, -0.2) is 164 Å². The number of hydrogen-bond donors (Lipinski definition) is 6. The molecule has 2 fully saturated rings. The van der Waals surface area contributed by atoms with E-state index in [2.05, 4.69) is 79.1 Å². The van der Waals surface area contributed by atoms with Crippen molar-refractivity contribution in [3.05, 3.63) is 192 Å². The van der Waals surface area contributed by atoms with E-state index >= 15 is 0 Å². The molecule has 4 amide bonds. The predicted octanol–water partition coefficient (Wildman–Crippen LogP) is 13.4. The van der Waals surface area contributed by atoms with Gasteiger partial charge in [0.25, 0.3) is 23.6 Å². The average Bonchev–Trinajstić information content (AvgIpc) is 1.68. The molecule has 6 N–H and O–H groups in total. The summed E-state index contributed by atoms with van der Waals surface area (Å²) < 4.78 is 0. The van der Waals surface area contributed by atoms with Gasteiger partial charge in [-0.05, 0) is 185 Å². The predicted molar refractivity (Wildman–Crippen MR) is 377 cm³/mol. The molecule has 8 aromatic carbocycles. The van der Waals surface area contributed by atoms with E-state index in [-0.39, 0.29) is 23.6 Å². The van der Waals surface area contributed by atoms with E-state index in [1.54, 1.807) is 0 Å². The smallest absolute Gasteiger partial charge is 0.253 e. The number of rotatable bonds is 20. The summed E-state index contributed by atoms with van der Waals surface area (Å²) in [5.74, 6) is 4.18. The van der Waals surface area contributed by atoms with Gasteiger partial charge in [0.1, 0.15) is 23.3 Å². The molecule has 0 atom stereocenters. The van der Waals surface area contributed by atoms with E-state index in [1.165, 1.54) is 19.3 Å². The molecule has 2 aliphatic rings. The van der Waals surface area contributed by atoms with Gasteiger partial charge in [-0.2, -0.15) is 0 Å². The zero-order valence-corrected chi connectivity index (χ0v) is 54.1. The van der Waals surface area contributed by atoms with E-state index in [9.17, 15) is 19.2 Å². The molecular weight excluding hydrogens is 1180 g/mol. The fourth-order valence-corrected chi connectivity index (χ4v) is 13.3. The summed E-state index contributed by atoms with van der Waals surface area (Å²) in [5, 5.41) is 5.93. The van der Waals surface area contributed by atoms with Crippen LogP contribution in [0.2, 0.25) is 0 Å². The van der Waals surface area contributed by atoms with Crippen LogP contribution in [0, 0.1) is 11.8 Å². The molecule has 6 heterocycles. The molecule has 0 saturated carbocycles. The third-order valence-electron chi connectivity index (χ3n) is 19.0. The molecule has 0 radical (unpaired) electrons. The molecule has 18 nitrogen and oxygen atoms in total. The lowest BCUT2D eigenvalue weighted by molar-refractivity contribution is 0.0679. The number of aromatic nitrogens is 8. The minimum absolute atomic E-state index is 0.0787. The molecular formula is C77H78N14O4. The van der Waals surface area contributed by atoms with Crippen LogP contribution in [0.25, 0.3) is 112 Å². The molecule has 12 aromatic rings. The van der Waals surface area contributed by atoms with Gasteiger partial charge in [-0.1, -0.05) is 92.1 Å². The Hall–Kier alpha value is -10.6. The van der Waals surface area contributed by atoms with Gasteiger partial charge < -0.3 is 50.2 Å². The second-order valence-corrected chi connectivity index (χ2v) is 26.1. The van der Waals surface area contributed by atoms with E-state index in [0.29, 0.717) is 47.2 Å². The van der Waals surface area contributed by atoms with Gasteiger partial charge in [0.15, 0.2) is 0 Å². The number of amides is 4. The number of likely N-dealkylation sites (tertiary alicyclic amines) is 2. The highest BCUT2D eigenvalue weighted by atomic mass is 16.2. The number of imidazole rings is 4. The van der Waals surface area contributed by atoms with Gasteiger partial charge in [0.05, 0.1) is 44.1 Å². The molecule has 4 aromatic heterocycles. The van der Waals surface area contributed by atoms with Crippen molar-refractivity contribution in [1.29, 1.82) is 0 Å². The summed E-state index contributed by atoms with van der Waals surface area (Å²) >= 11 is 0. The third kappa shape index (κ3) is 13.9. The second kappa shape index (κ2) is 27.2. The standard InChI is InChI=1S/C77H78N14O4/c1-88(2)42-36-78-74(92)54-16-8-50(9-17-54)70-80-62-28-24-58(44-66(62)84-70)60-26-30-64-68(46-60)86-72(82-64)52-12-20-56(21-13-52)76(94)90-38-32-48(33-39-90)6-5-7-49-34-40-91(41-35-49)77(95)57-22-14-53(15-23-57)73-83-65-31-27-61(47-69(65)87-73)59-25-29-63-67(45-59)85-71(81-63)51-10-18-55(19-11-51)75(93)79-37-43-89(3)4/h8-31,44-49H,5-7,32-43H2,1-4H3,(H,78,92)(H,79,93)(H,80,84)(H,81,85)(H,82,86)(H,83,87). The second-order valence-electron chi connectivity index (χ2n) is 26.1. The lowest BCUT2D eigenvalue weighted by Gasteiger charge is -2.34. The largest absolute Gasteiger partial charge is 0.351 e. The van der Waals surface area contributed by atoms with E-state index < -0.39 is 0 Å². The summed E-state index contributed by atoms with van der Waals surface area (Å²) in [5.41, 5.74) is 17.5. The van der Waals surface area contributed by atoms with Crippen LogP contribution in [0.15, 0.2) is 170 Å². The number of fused-ring (bicyclic) bond motifs is 4. The van der Waals surface area contributed by atoms with Gasteiger partial charge in [-0.3, -0.25) is 19.2 Å². The zero-order valence-electron chi connectivity index (χ0n) is 54.1. The van der Waals surface area contributed by atoms with Crippen molar-refractivity contribution in [2.24, 2.45) is 11.8 Å². The van der Waals surface area contributed by atoms with Crippen molar-refractivity contribution < 1.29 is 19.2 Å². The van der Waals surface area contributed by atoms with Crippen molar-refractivity contribution in [2.45, 2.75) is 44.9 Å². The quantitative estimate of drug-likeness (QED) is 0.0424. The first-order valence-electron chi connectivity index (χ1n) is 33.1. The Balaban J connectivity index is 0.510. The fourth-order valence-electron chi connectivity index (χ4n) is 13.3. The Bertz CT molecular complexity index is 4460. The maximum atomic E-state index is 13.8. The van der Waals surface area contributed by atoms with Gasteiger partial charge in [-0.15, -0.1) is 0 Å². The number of nitrogens with zero attached hydrogens (tertiary/aromatic N) is 8. The van der Waals surface area contributed by atoms with Gasteiger partial charge >= 0.3 is 0 Å². The first-order chi connectivity index (χ1) is 46.3. The highest BCUT2D eigenvalue weighted by molar-refractivity contribution is 5.98. The first kappa shape index (κ1) is 61.9. The molecule has 480 valence electrons. The van der Waals surface area contributed by atoms with E-state index in [4.69, 9.17) is 19.9 Å². The molecule has 18 heteroatoms. The Labute approximate surface area is 551 Å². The van der Waals surface area contributed by atoms with Crippen LogP contribution < -0.4 is 10.6 Å². The number of aromatic amines is 4. The topological polar surface area (TPSA) is 220 Å². The Kier molecular flexibility index (Phi) is 17.7. The number of carbonyl (C=O) groups is 4. The highest BCUT2D eigenvalue weighted by Gasteiger charge is 2.27. The van der Waals surface area contributed by atoms with E-state index in [1.807, 2.05) is 169 Å². The highest BCUT2D eigenvalue weighted by Crippen LogP contribution is 2.34. The molecule has 0 unspecified atom stereocenters. The monoisotopic (exact) mass is 1260 g/mol. The summed E-state index contributed by atoms with van der Waals surface area (Å²) in [7, 11) is 7.92. The summed E-state index contributed by atoms with van der Waals surface area (Å²) in [4.78, 5) is 94.4. The van der Waals surface area contributed by atoms with Crippen LogP contribution in [0.1, 0.15) is 86.4 Å². The molecule has 95 heavy (non-hydrogen) atoms. The molecule has 2 aliphatic heterocycles. The third-order valence-corrected chi connectivity index (χ3v) is 19.0. The van der Waals surface area contributed by atoms with Crippen molar-refractivity contribution in [3.63, 3.8) is 0 Å². The lowest BCUT2D eigenvalue weighted by Crippen LogP contribution is -2.39. The fraction of sp³-hybridized carbons (Fsp3) is 0.273. The number of nitrogens with one attached hydrogen (secondary N) is 6. The van der Waals surface area contributed by atoms with Gasteiger partial charge in [-0.25, -0.2) is 19.9 Å². The summed E-state index contributed by atoms with van der Waals surface area (Å²) in [6.45, 7) is 5.81. The minimum atomic E-state index is -0.0927. The van der Waals surface area contributed by atoms with Crippen LogP contribution >= 0.6 is 0 Å². The molecule has 2 saturated heterocycles. The number of H-pyrrole nitrogens is 4. The van der Waals surface area contributed by atoms with Crippen LogP contribution in [0.5, 0.6) is 0 Å². The van der Waals surface area contributed by atoms with Crippen molar-refractivity contribution >= 4 is 67.8 Å². The Morgan fingerprint density at radius 3 is 0.916 bits per heavy atom. The van der Waals surface area contributed by atoms with Crippen LogP contribution in [0.4, 0.5) is 0 Å².